The summed E-state index contributed by atoms with van der Waals surface area (Å²) in [6.07, 6.45) is 1.01. The maximum atomic E-state index is 5.64. The molecular weight excluding hydrogens is 142 g/mol. The molecule has 10 heavy (non-hydrogen) atoms. The Bertz CT molecular complexity index is 203. The molecule has 0 unspecified atom stereocenters. The maximum absolute atomic E-state index is 5.64. The molecule has 0 aliphatic rings. The molecule has 0 amide bonds. The van der Waals surface area contributed by atoms with Gasteiger partial charge in [-0.1, -0.05) is 0 Å². The zero-order chi connectivity index (χ0) is 7.56. The van der Waals surface area contributed by atoms with E-state index in [1.54, 1.807) is 11.3 Å². The highest BCUT2D eigenvalue weighted by atomic mass is 32.1. The minimum atomic E-state index is 0.290. The van der Waals surface area contributed by atoms with Crippen LogP contribution in [0.1, 0.15) is 17.4 Å². The lowest BCUT2D eigenvalue weighted by Crippen LogP contribution is -2.16. The van der Waals surface area contributed by atoms with E-state index in [1.165, 1.54) is 10.4 Å². The van der Waals surface area contributed by atoms with E-state index < -0.39 is 0 Å². The van der Waals surface area contributed by atoms with E-state index in [4.69, 9.17) is 5.73 Å². The van der Waals surface area contributed by atoms with Gasteiger partial charge >= 0.3 is 0 Å². The fourth-order valence-corrected chi connectivity index (χ4v) is 1.93. The molecule has 2 N–H and O–H groups in total. The first kappa shape index (κ1) is 7.76. The summed E-state index contributed by atoms with van der Waals surface area (Å²) >= 11 is 1.80. The van der Waals surface area contributed by atoms with Gasteiger partial charge in [0.2, 0.25) is 0 Å². The van der Waals surface area contributed by atoms with Gasteiger partial charge in [-0.2, -0.15) is 0 Å². The Balaban J connectivity index is 2.58. The Hall–Kier alpha value is -0.340. The van der Waals surface area contributed by atoms with Crippen molar-refractivity contribution < 1.29 is 0 Å². The summed E-state index contributed by atoms with van der Waals surface area (Å²) in [4.78, 5) is 1.40. The smallest absolute Gasteiger partial charge is 0.00632 e. The molecule has 0 aliphatic heterocycles. The van der Waals surface area contributed by atoms with Crippen molar-refractivity contribution in [3.05, 3.63) is 21.9 Å². The molecular formula is C8H13NS. The number of hydrogen-bond donors (Lipinski definition) is 1. The van der Waals surface area contributed by atoms with E-state index in [0.717, 1.165) is 6.42 Å². The molecule has 1 aromatic heterocycles. The van der Waals surface area contributed by atoms with Gasteiger partial charge in [-0.05, 0) is 37.3 Å². The van der Waals surface area contributed by atoms with Gasteiger partial charge in [0, 0.05) is 10.9 Å². The molecule has 56 valence electrons. The zero-order valence-corrected chi connectivity index (χ0v) is 7.24. The molecule has 2 heteroatoms. The van der Waals surface area contributed by atoms with E-state index in [-0.39, 0.29) is 6.04 Å². The predicted molar refractivity (Wildman–Crippen MR) is 46.4 cm³/mol. The molecule has 0 bridgehead atoms. The van der Waals surface area contributed by atoms with Gasteiger partial charge in [0.25, 0.3) is 0 Å². The van der Waals surface area contributed by atoms with E-state index >= 15 is 0 Å². The second kappa shape index (κ2) is 3.17. The third-order valence-electron chi connectivity index (χ3n) is 1.31. The molecule has 1 rings (SSSR count). The summed E-state index contributed by atoms with van der Waals surface area (Å²) in [7, 11) is 0. The minimum absolute atomic E-state index is 0.290. The van der Waals surface area contributed by atoms with Crippen LogP contribution in [-0.2, 0) is 6.42 Å². The SMILES string of the molecule is Cc1csc(C[C@@H](C)N)c1. The van der Waals surface area contributed by atoms with Crippen LogP contribution in [0.3, 0.4) is 0 Å². The molecule has 1 atom stereocenters. The summed E-state index contributed by atoms with van der Waals surface area (Å²) in [5, 5.41) is 2.16. The Kier molecular flexibility index (Phi) is 2.46. The van der Waals surface area contributed by atoms with Crippen LogP contribution in [0.4, 0.5) is 0 Å². The molecule has 0 aliphatic carbocycles. The van der Waals surface area contributed by atoms with Gasteiger partial charge < -0.3 is 5.73 Å². The summed E-state index contributed by atoms with van der Waals surface area (Å²) in [6, 6.07) is 2.49. The first-order valence-corrected chi connectivity index (χ1v) is 4.36. The average molecular weight is 155 g/mol. The van der Waals surface area contributed by atoms with Gasteiger partial charge in [-0.3, -0.25) is 0 Å². The second-order valence-corrected chi connectivity index (χ2v) is 3.77. The Morgan fingerprint density at radius 2 is 2.40 bits per heavy atom. The molecule has 1 nitrogen and oxygen atoms in total. The van der Waals surface area contributed by atoms with Crippen molar-refractivity contribution in [2.45, 2.75) is 26.3 Å². The highest BCUT2D eigenvalue weighted by Gasteiger charge is 1.98. The molecule has 0 spiro atoms. The fourth-order valence-electron chi connectivity index (χ4n) is 0.915. The van der Waals surface area contributed by atoms with Crippen molar-refractivity contribution in [2.24, 2.45) is 5.73 Å². The van der Waals surface area contributed by atoms with Gasteiger partial charge in [0.1, 0.15) is 0 Å². The van der Waals surface area contributed by atoms with Crippen LogP contribution < -0.4 is 5.73 Å². The summed E-state index contributed by atoms with van der Waals surface area (Å²) in [5.41, 5.74) is 6.99. The van der Waals surface area contributed by atoms with E-state index in [2.05, 4.69) is 18.4 Å². The molecule has 0 saturated carbocycles. The predicted octanol–water partition coefficient (Wildman–Crippen LogP) is 1.95. The Labute approximate surface area is 65.9 Å². The Morgan fingerprint density at radius 3 is 2.80 bits per heavy atom. The summed E-state index contributed by atoms with van der Waals surface area (Å²) in [6.45, 7) is 4.15. The van der Waals surface area contributed by atoms with Crippen LogP contribution in [0.2, 0.25) is 0 Å². The molecule has 0 saturated heterocycles. The molecule has 0 aromatic carbocycles. The van der Waals surface area contributed by atoms with Crippen molar-refractivity contribution in [1.82, 2.24) is 0 Å². The van der Waals surface area contributed by atoms with Crippen LogP contribution in [0, 0.1) is 6.92 Å². The minimum Gasteiger partial charge on any atom is -0.328 e. The van der Waals surface area contributed by atoms with Crippen LogP contribution in [0.15, 0.2) is 11.4 Å². The largest absolute Gasteiger partial charge is 0.328 e. The van der Waals surface area contributed by atoms with Crippen LogP contribution in [-0.4, -0.2) is 6.04 Å². The van der Waals surface area contributed by atoms with Crippen molar-refractivity contribution in [2.75, 3.05) is 0 Å². The molecule has 1 aromatic rings. The third-order valence-corrected chi connectivity index (χ3v) is 2.38. The lowest BCUT2D eigenvalue weighted by molar-refractivity contribution is 0.746. The van der Waals surface area contributed by atoms with E-state index in [0.29, 0.717) is 0 Å². The van der Waals surface area contributed by atoms with Crippen LogP contribution in [0.25, 0.3) is 0 Å². The third kappa shape index (κ3) is 2.12. The molecule has 0 fully saturated rings. The van der Waals surface area contributed by atoms with Crippen molar-refractivity contribution in [3.8, 4) is 0 Å². The number of thiophene rings is 1. The second-order valence-electron chi connectivity index (χ2n) is 2.77. The van der Waals surface area contributed by atoms with Crippen molar-refractivity contribution in [3.63, 3.8) is 0 Å². The first-order chi connectivity index (χ1) is 4.68. The first-order valence-electron chi connectivity index (χ1n) is 3.48. The monoisotopic (exact) mass is 155 g/mol. The van der Waals surface area contributed by atoms with Gasteiger partial charge in [-0.25, -0.2) is 0 Å². The topological polar surface area (TPSA) is 26.0 Å². The van der Waals surface area contributed by atoms with Crippen LogP contribution >= 0.6 is 11.3 Å². The lowest BCUT2D eigenvalue weighted by atomic mass is 10.2. The van der Waals surface area contributed by atoms with Crippen molar-refractivity contribution in [1.29, 1.82) is 0 Å². The molecule has 1 heterocycles. The average Bonchev–Trinajstić information content (AvgIpc) is 2.13. The van der Waals surface area contributed by atoms with Gasteiger partial charge in [0.15, 0.2) is 0 Å². The van der Waals surface area contributed by atoms with Gasteiger partial charge in [0.05, 0.1) is 0 Å². The highest BCUT2D eigenvalue weighted by Crippen LogP contribution is 2.14. The molecule has 0 radical (unpaired) electrons. The number of rotatable bonds is 2. The summed E-state index contributed by atoms with van der Waals surface area (Å²) in [5.74, 6) is 0. The number of aryl methyl sites for hydroxylation is 1. The van der Waals surface area contributed by atoms with Gasteiger partial charge in [-0.15, -0.1) is 11.3 Å². The highest BCUT2D eigenvalue weighted by molar-refractivity contribution is 7.10. The van der Waals surface area contributed by atoms with E-state index in [9.17, 15) is 0 Å². The number of nitrogens with two attached hydrogens (primary N) is 1. The standard InChI is InChI=1S/C8H13NS/c1-6-3-8(10-5-6)4-7(2)9/h3,5,7H,4,9H2,1-2H3/t7-/m1/s1. The van der Waals surface area contributed by atoms with Crippen molar-refractivity contribution >= 4 is 11.3 Å². The quantitative estimate of drug-likeness (QED) is 0.694. The van der Waals surface area contributed by atoms with E-state index in [1.807, 2.05) is 6.92 Å². The normalized spacial score (nSPS) is 13.5. The lowest BCUT2D eigenvalue weighted by Gasteiger charge is -1.99. The number of hydrogen-bond acceptors (Lipinski definition) is 2. The fraction of sp³-hybridized carbons (Fsp3) is 0.500. The zero-order valence-electron chi connectivity index (χ0n) is 6.42. The Morgan fingerprint density at radius 1 is 1.70 bits per heavy atom. The summed E-state index contributed by atoms with van der Waals surface area (Å²) < 4.78 is 0. The maximum Gasteiger partial charge on any atom is 0.00632 e. The van der Waals surface area contributed by atoms with Crippen LogP contribution in [0.5, 0.6) is 0 Å².